The van der Waals surface area contributed by atoms with Crippen molar-refractivity contribution in [3.05, 3.63) is 65.7 Å². The Morgan fingerprint density at radius 2 is 1.88 bits per heavy atom. The summed E-state index contributed by atoms with van der Waals surface area (Å²) in [6.07, 6.45) is 2.06. The molecule has 2 N–H and O–H groups in total. The molecule has 1 aliphatic heterocycles. The van der Waals surface area contributed by atoms with Gasteiger partial charge in [0.25, 0.3) is 0 Å². The molecule has 0 spiro atoms. The maximum absolute atomic E-state index is 13.2. The Kier molecular flexibility index (Phi) is 6.44. The molecular formula is C25H29N3O4. The summed E-state index contributed by atoms with van der Waals surface area (Å²) in [7, 11) is 1.59. The normalized spacial score (nSPS) is 21.2. The van der Waals surface area contributed by atoms with E-state index in [1.807, 2.05) is 59.5 Å². The van der Waals surface area contributed by atoms with E-state index >= 15 is 0 Å². The van der Waals surface area contributed by atoms with Crippen molar-refractivity contribution in [3.63, 3.8) is 0 Å². The first-order valence-electron chi connectivity index (χ1n) is 11.0. The summed E-state index contributed by atoms with van der Waals surface area (Å²) in [5.74, 6) is -0.424. The molecule has 32 heavy (non-hydrogen) atoms. The van der Waals surface area contributed by atoms with Crippen molar-refractivity contribution in [3.8, 4) is 5.75 Å². The average molecular weight is 436 g/mol. The molecule has 2 aromatic rings. The van der Waals surface area contributed by atoms with Gasteiger partial charge in [0.1, 0.15) is 11.8 Å². The van der Waals surface area contributed by atoms with Crippen molar-refractivity contribution in [1.29, 1.82) is 0 Å². The molecule has 1 aliphatic carbocycles. The molecule has 3 amide bonds. The number of ether oxygens (including phenoxy) is 1. The number of likely N-dealkylation sites (tertiary alicyclic amines) is 1. The Labute approximate surface area is 188 Å². The van der Waals surface area contributed by atoms with Crippen LogP contribution in [-0.2, 0) is 20.9 Å². The first-order chi connectivity index (χ1) is 15.5. The average Bonchev–Trinajstić information content (AvgIpc) is 3.59. The quantitative estimate of drug-likeness (QED) is 0.667. The van der Waals surface area contributed by atoms with Crippen molar-refractivity contribution in [2.75, 3.05) is 7.11 Å². The van der Waals surface area contributed by atoms with Gasteiger partial charge < -0.3 is 20.3 Å². The van der Waals surface area contributed by atoms with Crippen LogP contribution in [0.25, 0.3) is 0 Å². The van der Waals surface area contributed by atoms with E-state index in [0.29, 0.717) is 12.3 Å². The van der Waals surface area contributed by atoms with Crippen molar-refractivity contribution in [2.24, 2.45) is 5.92 Å². The number of carbonyl (C=O) groups excluding carboxylic acids is 3. The van der Waals surface area contributed by atoms with E-state index in [2.05, 4.69) is 10.6 Å². The summed E-state index contributed by atoms with van der Waals surface area (Å²) in [5, 5.41) is 5.68. The van der Waals surface area contributed by atoms with Gasteiger partial charge in [0.05, 0.1) is 19.1 Å². The molecule has 0 bridgehead atoms. The van der Waals surface area contributed by atoms with Gasteiger partial charge in [0, 0.05) is 19.0 Å². The number of carbonyl (C=O) groups is 3. The lowest BCUT2D eigenvalue weighted by molar-refractivity contribution is -0.131. The maximum Gasteiger partial charge on any atom is 0.242 e. The standard InChI is InChI=1S/C25H29N3O4/c1-16(24(30)26-15-17-7-4-3-5-8-17)27-25(31)21-14-22(29)28(19-11-12-19)23(21)18-9-6-10-20(13-18)32-2/h3-10,13,16,19,21,23H,11-12,14-15H2,1-2H3,(H,26,30)(H,27,31). The minimum atomic E-state index is -0.706. The summed E-state index contributed by atoms with van der Waals surface area (Å²) in [5.41, 5.74) is 1.86. The van der Waals surface area contributed by atoms with Crippen LogP contribution in [0.5, 0.6) is 5.75 Å². The lowest BCUT2D eigenvalue weighted by atomic mass is 9.92. The Morgan fingerprint density at radius 1 is 1.12 bits per heavy atom. The lowest BCUT2D eigenvalue weighted by Crippen LogP contribution is -2.47. The molecule has 4 rings (SSSR count). The zero-order valence-corrected chi connectivity index (χ0v) is 18.4. The van der Waals surface area contributed by atoms with Crippen LogP contribution >= 0.6 is 0 Å². The molecule has 0 aromatic heterocycles. The van der Waals surface area contributed by atoms with Crippen molar-refractivity contribution in [1.82, 2.24) is 15.5 Å². The summed E-state index contributed by atoms with van der Waals surface area (Å²) < 4.78 is 5.35. The Bertz CT molecular complexity index is 990. The molecule has 1 heterocycles. The van der Waals surface area contributed by atoms with Crippen LogP contribution < -0.4 is 15.4 Å². The molecule has 2 fully saturated rings. The van der Waals surface area contributed by atoms with Gasteiger partial charge in [-0.3, -0.25) is 14.4 Å². The number of methoxy groups -OCH3 is 1. The molecule has 7 nitrogen and oxygen atoms in total. The van der Waals surface area contributed by atoms with Gasteiger partial charge in [-0.1, -0.05) is 42.5 Å². The number of nitrogens with one attached hydrogen (secondary N) is 2. The molecule has 2 aliphatic rings. The first-order valence-corrected chi connectivity index (χ1v) is 11.0. The Morgan fingerprint density at radius 3 is 2.56 bits per heavy atom. The Balaban J connectivity index is 1.45. The fourth-order valence-electron chi connectivity index (χ4n) is 4.32. The van der Waals surface area contributed by atoms with Crippen LogP contribution in [0.3, 0.4) is 0 Å². The molecule has 1 saturated heterocycles. The number of hydrogen-bond donors (Lipinski definition) is 2. The summed E-state index contributed by atoms with van der Waals surface area (Å²) in [6.45, 7) is 2.05. The van der Waals surface area contributed by atoms with Gasteiger partial charge >= 0.3 is 0 Å². The highest BCUT2D eigenvalue weighted by Gasteiger charge is 2.50. The SMILES string of the molecule is COc1cccc(C2C(C(=O)NC(C)C(=O)NCc3ccccc3)CC(=O)N2C2CC2)c1. The maximum atomic E-state index is 13.2. The largest absolute Gasteiger partial charge is 0.497 e. The van der Waals surface area contributed by atoms with E-state index in [4.69, 9.17) is 4.74 Å². The van der Waals surface area contributed by atoms with Crippen molar-refractivity contribution >= 4 is 17.7 Å². The molecule has 168 valence electrons. The van der Waals surface area contributed by atoms with E-state index in [1.54, 1.807) is 14.0 Å². The number of amides is 3. The van der Waals surface area contributed by atoms with Gasteiger partial charge in [0.15, 0.2) is 0 Å². The van der Waals surface area contributed by atoms with Gasteiger partial charge in [-0.25, -0.2) is 0 Å². The van der Waals surface area contributed by atoms with Crippen LogP contribution in [0.2, 0.25) is 0 Å². The van der Waals surface area contributed by atoms with Crippen LogP contribution in [0, 0.1) is 5.92 Å². The zero-order chi connectivity index (χ0) is 22.7. The van der Waals surface area contributed by atoms with Crippen molar-refractivity contribution in [2.45, 2.75) is 50.9 Å². The van der Waals surface area contributed by atoms with E-state index in [-0.39, 0.29) is 36.2 Å². The second kappa shape index (κ2) is 9.42. The fourth-order valence-corrected chi connectivity index (χ4v) is 4.32. The lowest BCUT2D eigenvalue weighted by Gasteiger charge is -2.29. The van der Waals surface area contributed by atoms with Crippen LogP contribution in [0.15, 0.2) is 54.6 Å². The third-order valence-corrected chi connectivity index (χ3v) is 6.14. The zero-order valence-electron chi connectivity index (χ0n) is 18.4. The molecular weight excluding hydrogens is 406 g/mol. The van der Waals surface area contributed by atoms with Gasteiger partial charge in [-0.05, 0) is 43.0 Å². The number of nitrogens with zero attached hydrogens (tertiary/aromatic N) is 1. The summed E-state index contributed by atoms with van der Waals surface area (Å²) in [6, 6.07) is 16.2. The second-order valence-corrected chi connectivity index (χ2v) is 8.50. The summed E-state index contributed by atoms with van der Waals surface area (Å²) >= 11 is 0. The van der Waals surface area contributed by atoms with E-state index < -0.39 is 12.0 Å². The highest BCUT2D eigenvalue weighted by molar-refractivity contribution is 5.93. The second-order valence-electron chi connectivity index (χ2n) is 8.50. The van der Waals surface area contributed by atoms with Crippen LogP contribution in [-0.4, -0.2) is 41.8 Å². The first kappa shape index (κ1) is 21.9. The van der Waals surface area contributed by atoms with Gasteiger partial charge in [-0.15, -0.1) is 0 Å². The fraction of sp³-hybridized carbons (Fsp3) is 0.400. The third kappa shape index (κ3) is 4.77. The predicted octanol–water partition coefficient (Wildman–Crippen LogP) is 2.57. The van der Waals surface area contributed by atoms with Crippen molar-refractivity contribution < 1.29 is 19.1 Å². The minimum absolute atomic E-state index is 0.0124. The predicted molar refractivity (Wildman–Crippen MR) is 120 cm³/mol. The molecule has 3 unspecified atom stereocenters. The molecule has 1 saturated carbocycles. The van der Waals surface area contributed by atoms with Gasteiger partial charge in [-0.2, -0.15) is 0 Å². The summed E-state index contributed by atoms with van der Waals surface area (Å²) in [4.78, 5) is 40.4. The third-order valence-electron chi connectivity index (χ3n) is 6.14. The van der Waals surface area contributed by atoms with E-state index in [0.717, 1.165) is 24.0 Å². The van der Waals surface area contributed by atoms with E-state index in [9.17, 15) is 14.4 Å². The molecule has 0 radical (unpaired) electrons. The number of rotatable bonds is 8. The smallest absolute Gasteiger partial charge is 0.242 e. The van der Waals surface area contributed by atoms with E-state index in [1.165, 1.54) is 0 Å². The highest BCUT2D eigenvalue weighted by atomic mass is 16.5. The minimum Gasteiger partial charge on any atom is -0.497 e. The highest BCUT2D eigenvalue weighted by Crippen LogP contribution is 2.45. The molecule has 7 heteroatoms. The van der Waals surface area contributed by atoms with Crippen LogP contribution in [0.1, 0.15) is 43.4 Å². The van der Waals surface area contributed by atoms with Crippen LogP contribution in [0.4, 0.5) is 0 Å². The molecule has 3 atom stereocenters. The topological polar surface area (TPSA) is 87.7 Å². The van der Waals surface area contributed by atoms with Gasteiger partial charge in [0.2, 0.25) is 17.7 Å². The number of benzene rings is 2. The monoisotopic (exact) mass is 435 g/mol. The Hall–Kier alpha value is -3.35. The number of hydrogen-bond acceptors (Lipinski definition) is 4. The molecule has 2 aromatic carbocycles.